The SMILES string of the molecule is O=C(NCc1cccnc1)c1ccc(-c2cc(C(F)(F)F)nn2-c2ccccc2Cl)cc1. The van der Waals surface area contributed by atoms with Crippen LogP contribution in [0.5, 0.6) is 0 Å². The van der Waals surface area contributed by atoms with Crippen LogP contribution in [-0.2, 0) is 12.7 Å². The van der Waals surface area contributed by atoms with Crippen LogP contribution in [0, 0.1) is 0 Å². The fraction of sp³-hybridized carbons (Fsp3) is 0.0870. The third-order valence-electron chi connectivity index (χ3n) is 4.70. The molecule has 4 rings (SSSR count). The number of hydrogen-bond donors (Lipinski definition) is 1. The number of nitrogens with one attached hydrogen (secondary N) is 1. The molecule has 0 aliphatic carbocycles. The van der Waals surface area contributed by atoms with E-state index in [1.165, 1.54) is 0 Å². The summed E-state index contributed by atoms with van der Waals surface area (Å²) >= 11 is 6.19. The first-order valence-electron chi connectivity index (χ1n) is 9.52. The van der Waals surface area contributed by atoms with Gasteiger partial charge in [-0.25, -0.2) is 4.68 Å². The van der Waals surface area contributed by atoms with E-state index in [4.69, 9.17) is 11.6 Å². The quantitative estimate of drug-likeness (QED) is 0.429. The van der Waals surface area contributed by atoms with Crippen molar-refractivity contribution in [1.82, 2.24) is 20.1 Å². The highest BCUT2D eigenvalue weighted by Gasteiger charge is 2.35. The molecule has 0 aliphatic heterocycles. The minimum Gasteiger partial charge on any atom is -0.348 e. The molecule has 1 N–H and O–H groups in total. The Balaban J connectivity index is 1.63. The number of rotatable bonds is 5. The standard InChI is InChI=1S/C23H16ClF3N4O/c24-18-5-1-2-6-19(18)31-20(12-21(30-31)23(25,26)27)16-7-9-17(10-8-16)22(32)29-14-15-4-3-11-28-13-15/h1-13H,14H2,(H,29,32). The van der Waals surface area contributed by atoms with Crippen LogP contribution in [0.4, 0.5) is 13.2 Å². The summed E-state index contributed by atoms with van der Waals surface area (Å²) in [7, 11) is 0. The largest absolute Gasteiger partial charge is 0.435 e. The predicted molar refractivity (Wildman–Crippen MR) is 114 cm³/mol. The summed E-state index contributed by atoms with van der Waals surface area (Å²) < 4.78 is 41.2. The molecule has 0 radical (unpaired) electrons. The van der Waals surface area contributed by atoms with Gasteiger partial charge < -0.3 is 5.32 Å². The third-order valence-corrected chi connectivity index (χ3v) is 5.02. The van der Waals surface area contributed by atoms with Gasteiger partial charge in [-0.3, -0.25) is 9.78 Å². The second-order valence-corrected chi connectivity index (χ2v) is 7.30. The molecule has 0 fully saturated rings. The Labute approximate surface area is 186 Å². The average Bonchev–Trinajstić information content (AvgIpc) is 3.24. The van der Waals surface area contributed by atoms with Gasteiger partial charge in [0.15, 0.2) is 5.69 Å². The van der Waals surface area contributed by atoms with Crippen LogP contribution >= 0.6 is 11.6 Å². The van der Waals surface area contributed by atoms with Crippen molar-refractivity contribution < 1.29 is 18.0 Å². The summed E-state index contributed by atoms with van der Waals surface area (Å²) in [5.74, 6) is -0.309. The molecule has 0 saturated heterocycles. The lowest BCUT2D eigenvalue weighted by Crippen LogP contribution is -2.22. The van der Waals surface area contributed by atoms with Crippen molar-refractivity contribution in [2.24, 2.45) is 0 Å². The van der Waals surface area contributed by atoms with Crippen LogP contribution in [0.3, 0.4) is 0 Å². The predicted octanol–water partition coefficient (Wildman–Crippen LogP) is 5.54. The Hall–Kier alpha value is -3.65. The molecule has 0 saturated carbocycles. The average molecular weight is 457 g/mol. The van der Waals surface area contributed by atoms with Gasteiger partial charge in [0.2, 0.25) is 0 Å². The van der Waals surface area contributed by atoms with Gasteiger partial charge in [0.25, 0.3) is 5.91 Å². The van der Waals surface area contributed by atoms with Crippen LogP contribution < -0.4 is 5.32 Å². The van der Waals surface area contributed by atoms with Crippen molar-refractivity contribution in [3.8, 4) is 16.9 Å². The second-order valence-electron chi connectivity index (χ2n) is 6.90. The van der Waals surface area contributed by atoms with E-state index in [1.54, 1.807) is 67.0 Å². The molecule has 4 aromatic rings. The number of hydrogen-bond acceptors (Lipinski definition) is 3. The smallest absolute Gasteiger partial charge is 0.348 e. The summed E-state index contributed by atoms with van der Waals surface area (Å²) in [4.78, 5) is 16.4. The molecule has 32 heavy (non-hydrogen) atoms. The zero-order valence-electron chi connectivity index (χ0n) is 16.5. The summed E-state index contributed by atoms with van der Waals surface area (Å²) in [6, 6.07) is 17.3. The Morgan fingerprint density at radius 1 is 1.03 bits per heavy atom. The number of carbonyl (C=O) groups is 1. The van der Waals surface area contributed by atoms with Crippen LogP contribution in [0.1, 0.15) is 21.6 Å². The number of benzene rings is 2. The highest BCUT2D eigenvalue weighted by Crippen LogP contribution is 2.34. The zero-order valence-corrected chi connectivity index (χ0v) is 17.2. The van der Waals surface area contributed by atoms with Crippen molar-refractivity contribution in [2.75, 3.05) is 0 Å². The molecule has 0 unspecified atom stereocenters. The molecule has 1 amide bonds. The van der Waals surface area contributed by atoms with E-state index in [1.807, 2.05) is 6.07 Å². The minimum atomic E-state index is -4.62. The molecule has 2 aromatic carbocycles. The summed E-state index contributed by atoms with van der Waals surface area (Å²) in [5, 5.41) is 6.77. The lowest BCUT2D eigenvalue weighted by atomic mass is 10.1. The Morgan fingerprint density at radius 3 is 2.44 bits per heavy atom. The van der Waals surface area contributed by atoms with E-state index < -0.39 is 11.9 Å². The fourth-order valence-corrected chi connectivity index (χ4v) is 3.33. The van der Waals surface area contributed by atoms with Gasteiger partial charge in [0.05, 0.1) is 16.4 Å². The van der Waals surface area contributed by atoms with Crippen molar-refractivity contribution >= 4 is 17.5 Å². The highest BCUT2D eigenvalue weighted by atomic mass is 35.5. The number of pyridine rings is 1. The number of amides is 1. The molecule has 0 bridgehead atoms. The maximum atomic E-state index is 13.3. The number of alkyl halides is 3. The molecular weight excluding hydrogens is 441 g/mol. The molecule has 0 atom stereocenters. The van der Waals surface area contributed by atoms with Crippen LogP contribution in [0.2, 0.25) is 5.02 Å². The first-order chi connectivity index (χ1) is 15.3. The van der Waals surface area contributed by atoms with Crippen LogP contribution in [-0.4, -0.2) is 20.7 Å². The van der Waals surface area contributed by atoms with E-state index in [2.05, 4.69) is 15.4 Å². The topological polar surface area (TPSA) is 59.8 Å². The monoisotopic (exact) mass is 456 g/mol. The number of para-hydroxylation sites is 1. The number of halogens is 4. The van der Waals surface area contributed by atoms with Gasteiger partial charge in [0.1, 0.15) is 0 Å². The lowest BCUT2D eigenvalue weighted by molar-refractivity contribution is -0.141. The van der Waals surface area contributed by atoms with Crippen LogP contribution in [0.15, 0.2) is 79.1 Å². The van der Waals surface area contributed by atoms with Gasteiger partial charge in [-0.2, -0.15) is 18.3 Å². The summed E-state index contributed by atoms with van der Waals surface area (Å²) in [6.45, 7) is 0.308. The first kappa shape index (κ1) is 21.6. The zero-order chi connectivity index (χ0) is 22.7. The Kier molecular flexibility index (Phi) is 5.96. The van der Waals surface area contributed by atoms with Crippen molar-refractivity contribution in [3.05, 3.63) is 101 Å². The lowest BCUT2D eigenvalue weighted by Gasteiger charge is -2.10. The number of nitrogens with zero attached hydrogens (tertiary/aromatic N) is 3. The van der Waals surface area contributed by atoms with E-state index in [-0.39, 0.29) is 16.6 Å². The van der Waals surface area contributed by atoms with Gasteiger partial charge in [-0.05, 0) is 42.0 Å². The number of carbonyl (C=O) groups excluding carboxylic acids is 1. The van der Waals surface area contributed by atoms with Gasteiger partial charge in [-0.15, -0.1) is 0 Å². The molecular formula is C23H16ClF3N4O. The van der Waals surface area contributed by atoms with E-state index in [0.717, 1.165) is 16.3 Å². The molecule has 162 valence electrons. The van der Waals surface area contributed by atoms with E-state index >= 15 is 0 Å². The van der Waals surface area contributed by atoms with Gasteiger partial charge >= 0.3 is 6.18 Å². The molecule has 0 spiro atoms. The normalized spacial score (nSPS) is 11.4. The highest BCUT2D eigenvalue weighted by molar-refractivity contribution is 6.32. The first-order valence-corrected chi connectivity index (χ1v) is 9.90. The maximum Gasteiger partial charge on any atom is 0.435 e. The number of aromatic nitrogens is 3. The van der Waals surface area contributed by atoms with Gasteiger partial charge in [-0.1, -0.05) is 41.9 Å². The van der Waals surface area contributed by atoms with Gasteiger partial charge in [0, 0.05) is 30.1 Å². The van der Waals surface area contributed by atoms with Crippen molar-refractivity contribution in [1.29, 1.82) is 0 Å². The van der Waals surface area contributed by atoms with E-state index in [9.17, 15) is 18.0 Å². The third kappa shape index (κ3) is 4.65. The van der Waals surface area contributed by atoms with E-state index in [0.29, 0.717) is 23.4 Å². The maximum absolute atomic E-state index is 13.3. The second kappa shape index (κ2) is 8.84. The minimum absolute atomic E-state index is 0.202. The van der Waals surface area contributed by atoms with Crippen LogP contribution in [0.25, 0.3) is 16.9 Å². The molecule has 2 heterocycles. The van der Waals surface area contributed by atoms with Crippen molar-refractivity contribution in [2.45, 2.75) is 12.7 Å². The summed E-state index contributed by atoms with van der Waals surface area (Å²) in [6.07, 6.45) is -1.33. The Bertz CT molecular complexity index is 1240. The Morgan fingerprint density at radius 2 is 1.78 bits per heavy atom. The molecule has 0 aliphatic rings. The molecule has 2 aromatic heterocycles. The fourth-order valence-electron chi connectivity index (χ4n) is 3.11. The summed E-state index contributed by atoms with van der Waals surface area (Å²) in [5.41, 5.74) is 1.16. The van der Waals surface area contributed by atoms with Crippen molar-refractivity contribution in [3.63, 3.8) is 0 Å². The molecule has 5 nitrogen and oxygen atoms in total. The molecule has 9 heteroatoms.